The second-order valence-electron chi connectivity index (χ2n) is 5.83. The Kier molecular flexibility index (Phi) is 4.89. The number of carbonyl (C=O) groups is 1. The topological polar surface area (TPSA) is 62.1 Å². The van der Waals surface area contributed by atoms with Gasteiger partial charge in [-0.15, -0.1) is 0 Å². The minimum atomic E-state index is 0.0656. The number of rotatable bonds is 6. The number of carbonyl (C=O) groups excluding carboxylic acids is 1. The third kappa shape index (κ3) is 3.57. The van der Waals surface area contributed by atoms with Gasteiger partial charge >= 0.3 is 0 Å². The summed E-state index contributed by atoms with van der Waals surface area (Å²) in [5.41, 5.74) is 8.09. The van der Waals surface area contributed by atoms with E-state index < -0.39 is 0 Å². The number of amides is 1. The number of fused-ring (bicyclic) bond motifs is 1. The molecule has 1 heterocycles. The summed E-state index contributed by atoms with van der Waals surface area (Å²) in [6.07, 6.45) is 3.36. The lowest BCUT2D eigenvalue weighted by Crippen LogP contribution is -2.37. The summed E-state index contributed by atoms with van der Waals surface area (Å²) in [6, 6.07) is 7.74. The Morgan fingerprint density at radius 2 is 2.05 bits per heavy atom. The molecule has 0 aliphatic carbocycles. The predicted molar refractivity (Wildman–Crippen MR) is 88.4 cm³/mol. The van der Waals surface area contributed by atoms with Gasteiger partial charge in [-0.05, 0) is 44.5 Å². The van der Waals surface area contributed by atoms with Crippen LogP contribution in [0.25, 0.3) is 10.9 Å². The highest BCUT2D eigenvalue weighted by molar-refractivity contribution is 5.98. The lowest BCUT2D eigenvalue weighted by molar-refractivity contribution is 0.0697. The van der Waals surface area contributed by atoms with E-state index in [4.69, 9.17) is 5.73 Å². The fraction of sp³-hybridized carbons (Fsp3) is 0.471. The van der Waals surface area contributed by atoms with Gasteiger partial charge in [0.15, 0.2) is 0 Å². The highest BCUT2D eigenvalue weighted by atomic mass is 16.2. The number of benzene rings is 1. The molecule has 0 fully saturated rings. The molecule has 0 aliphatic heterocycles. The molecule has 0 saturated heterocycles. The Morgan fingerprint density at radius 3 is 2.71 bits per heavy atom. The Morgan fingerprint density at radius 1 is 1.29 bits per heavy atom. The van der Waals surface area contributed by atoms with E-state index in [0.29, 0.717) is 11.4 Å². The summed E-state index contributed by atoms with van der Waals surface area (Å²) in [6.45, 7) is 7.10. The van der Waals surface area contributed by atoms with Crippen molar-refractivity contribution in [2.45, 2.75) is 46.1 Å². The number of nitrogen functional groups attached to an aromatic ring is 1. The van der Waals surface area contributed by atoms with Crippen molar-refractivity contribution in [3.05, 3.63) is 30.0 Å². The Hall–Kier alpha value is -1.97. The van der Waals surface area contributed by atoms with Crippen molar-refractivity contribution >= 4 is 22.5 Å². The van der Waals surface area contributed by atoms with E-state index in [1.165, 1.54) is 0 Å². The summed E-state index contributed by atoms with van der Waals surface area (Å²) in [5.74, 6) is 0.0656. The SMILES string of the molecule is CCCCCN(C(=O)c1cc2cc(N)ccc2[nH]1)C(C)C. The number of nitrogens with one attached hydrogen (secondary N) is 1. The van der Waals surface area contributed by atoms with Crippen molar-refractivity contribution in [2.75, 3.05) is 12.3 Å². The zero-order valence-electron chi connectivity index (χ0n) is 13.1. The first-order valence-electron chi connectivity index (χ1n) is 7.72. The van der Waals surface area contributed by atoms with Crippen LogP contribution in [-0.2, 0) is 0 Å². The van der Waals surface area contributed by atoms with Crippen molar-refractivity contribution in [1.82, 2.24) is 9.88 Å². The number of hydrogen-bond acceptors (Lipinski definition) is 2. The Bertz CT molecular complexity index is 616. The summed E-state index contributed by atoms with van der Waals surface area (Å²) in [5, 5.41) is 0.982. The normalized spacial score (nSPS) is 11.2. The molecule has 3 N–H and O–H groups in total. The number of aromatic nitrogens is 1. The molecule has 4 nitrogen and oxygen atoms in total. The molecule has 1 aromatic heterocycles. The molecule has 1 aromatic carbocycles. The van der Waals surface area contributed by atoms with Crippen LogP contribution >= 0.6 is 0 Å². The van der Waals surface area contributed by atoms with Crippen LogP contribution in [0, 0.1) is 0 Å². The third-order valence-electron chi connectivity index (χ3n) is 3.76. The predicted octanol–water partition coefficient (Wildman–Crippen LogP) is 3.79. The van der Waals surface area contributed by atoms with E-state index >= 15 is 0 Å². The van der Waals surface area contributed by atoms with Crippen LogP contribution in [0.4, 0.5) is 5.69 Å². The second kappa shape index (κ2) is 6.66. The van der Waals surface area contributed by atoms with Crippen molar-refractivity contribution in [3.8, 4) is 0 Å². The van der Waals surface area contributed by atoms with E-state index in [9.17, 15) is 4.79 Å². The fourth-order valence-electron chi connectivity index (χ4n) is 2.55. The third-order valence-corrected chi connectivity index (χ3v) is 3.76. The van der Waals surface area contributed by atoms with Crippen molar-refractivity contribution in [2.24, 2.45) is 0 Å². The number of unbranched alkanes of at least 4 members (excludes halogenated alkanes) is 2. The molecule has 2 aromatic rings. The first-order valence-corrected chi connectivity index (χ1v) is 7.72. The standard InChI is InChI=1S/C17H25N3O/c1-4-5-6-9-20(12(2)3)17(21)16-11-13-10-14(18)7-8-15(13)19-16/h7-8,10-12,19H,4-6,9,18H2,1-3H3. The molecule has 4 heteroatoms. The van der Waals surface area contributed by atoms with E-state index in [1.807, 2.05) is 29.2 Å². The quantitative estimate of drug-likeness (QED) is 0.627. The summed E-state index contributed by atoms with van der Waals surface area (Å²) in [4.78, 5) is 17.8. The van der Waals surface area contributed by atoms with Gasteiger partial charge in [-0.3, -0.25) is 4.79 Å². The average molecular weight is 287 g/mol. The van der Waals surface area contributed by atoms with E-state index in [2.05, 4.69) is 25.8 Å². The van der Waals surface area contributed by atoms with Gasteiger partial charge in [-0.25, -0.2) is 0 Å². The lowest BCUT2D eigenvalue weighted by atomic mass is 10.2. The van der Waals surface area contributed by atoms with Crippen LogP contribution in [0.3, 0.4) is 0 Å². The average Bonchev–Trinajstić information content (AvgIpc) is 2.85. The first kappa shape index (κ1) is 15.4. The van der Waals surface area contributed by atoms with Gasteiger partial charge in [0, 0.05) is 29.2 Å². The molecule has 0 bridgehead atoms. The van der Waals surface area contributed by atoms with Gasteiger partial charge < -0.3 is 15.6 Å². The first-order chi connectivity index (χ1) is 10.0. The highest BCUT2D eigenvalue weighted by Gasteiger charge is 2.20. The van der Waals surface area contributed by atoms with Crippen molar-refractivity contribution in [3.63, 3.8) is 0 Å². The van der Waals surface area contributed by atoms with E-state index in [-0.39, 0.29) is 11.9 Å². The van der Waals surface area contributed by atoms with E-state index in [1.54, 1.807) is 0 Å². The fourth-order valence-corrected chi connectivity index (χ4v) is 2.55. The number of H-pyrrole nitrogens is 1. The largest absolute Gasteiger partial charge is 0.399 e. The Balaban J connectivity index is 2.21. The lowest BCUT2D eigenvalue weighted by Gasteiger charge is -2.26. The number of hydrogen-bond donors (Lipinski definition) is 2. The molecule has 0 aliphatic rings. The minimum Gasteiger partial charge on any atom is -0.399 e. The maximum absolute atomic E-state index is 12.7. The van der Waals surface area contributed by atoms with Crippen LogP contribution < -0.4 is 5.73 Å². The monoisotopic (exact) mass is 287 g/mol. The molecule has 0 spiro atoms. The summed E-state index contributed by atoms with van der Waals surface area (Å²) >= 11 is 0. The van der Waals surface area contributed by atoms with Gasteiger partial charge in [0.2, 0.25) is 0 Å². The number of nitrogens with zero attached hydrogens (tertiary/aromatic N) is 1. The maximum atomic E-state index is 12.7. The molecular weight excluding hydrogens is 262 g/mol. The number of anilines is 1. The van der Waals surface area contributed by atoms with Gasteiger partial charge in [-0.1, -0.05) is 19.8 Å². The Labute approximate surface area is 126 Å². The molecule has 2 rings (SSSR count). The van der Waals surface area contributed by atoms with Crippen LogP contribution in [0.1, 0.15) is 50.5 Å². The molecule has 0 atom stereocenters. The maximum Gasteiger partial charge on any atom is 0.270 e. The van der Waals surface area contributed by atoms with Gasteiger partial charge in [0.05, 0.1) is 0 Å². The van der Waals surface area contributed by atoms with E-state index in [0.717, 1.165) is 36.7 Å². The minimum absolute atomic E-state index is 0.0656. The van der Waals surface area contributed by atoms with Gasteiger partial charge in [0.25, 0.3) is 5.91 Å². The molecule has 0 radical (unpaired) electrons. The van der Waals surface area contributed by atoms with Crippen LogP contribution in [0.5, 0.6) is 0 Å². The molecule has 114 valence electrons. The van der Waals surface area contributed by atoms with Gasteiger partial charge in [0.1, 0.15) is 5.69 Å². The molecule has 0 saturated carbocycles. The number of aromatic amines is 1. The second-order valence-corrected chi connectivity index (χ2v) is 5.83. The highest BCUT2D eigenvalue weighted by Crippen LogP contribution is 2.20. The smallest absolute Gasteiger partial charge is 0.270 e. The van der Waals surface area contributed by atoms with Crippen molar-refractivity contribution < 1.29 is 4.79 Å². The molecule has 1 amide bonds. The molecule has 21 heavy (non-hydrogen) atoms. The summed E-state index contributed by atoms with van der Waals surface area (Å²) < 4.78 is 0. The zero-order chi connectivity index (χ0) is 15.4. The molecular formula is C17H25N3O. The van der Waals surface area contributed by atoms with Crippen LogP contribution in [0.15, 0.2) is 24.3 Å². The van der Waals surface area contributed by atoms with Crippen LogP contribution in [-0.4, -0.2) is 28.4 Å². The number of nitrogens with two attached hydrogens (primary N) is 1. The zero-order valence-corrected chi connectivity index (χ0v) is 13.1. The van der Waals surface area contributed by atoms with Gasteiger partial charge in [-0.2, -0.15) is 0 Å². The van der Waals surface area contributed by atoms with Crippen LogP contribution in [0.2, 0.25) is 0 Å². The molecule has 0 unspecified atom stereocenters. The summed E-state index contributed by atoms with van der Waals surface area (Å²) in [7, 11) is 0. The van der Waals surface area contributed by atoms with Crippen molar-refractivity contribution in [1.29, 1.82) is 0 Å².